The van der Waals surface area contributed by atoms with E-state index in [9.17, 15) is 9.59 Å². The van der Waals surface area contributed by atoms with Crippen LogP contribution in [-0.4, -0.2) is 16.8 Å². The number of ether oxygens (including phenoxy) is 1. The Morgan fingerprint density at radius 3 is 2.65 bits per heavy atom. The standard InChI is InChI=1S/C11H11N3O3/c1-6-4-7-5-8(12)2-3-9(7)14(6)11(16)17-10(13)15/h2-5H,12H2,1H3,(H2,13,15). The molecule has 1 heterocycles. The van der Waals surface area contributed by atoms with Gasteiger partial charge in [-0.3, -0.25) is 0 Å². The predicted octanol–water partition coefficient (Wildman–Crippen LogP) is 1.60. The minimum Gasteiger partial charge on any atom is -0.399 e. The van der Waals surface area contributed by atoms with E-state index in [1.165, 1.54) is 4.57 Å². The molecule has 0 aliphatic rings. The molecule has 0 bridgehead atoms. The number of rotatable bonds is 0. The lowest BCUT2D eigenvalue weighted by Crippen LogP contribution is -2.23. The minimum atomic E-state index is -1.13. The number of nitrogen functional groups attached to an aromatic ring is 1. The molecule has 17 heavy (non-hydrogen) atoms. The summed E-state index contributed by atoms with van der Waals surface area (Å²) in [4.78, 5) is 22.2. The van der Waals surface area contributed by atoms with Crippen LogP contribution in [0.2, 0.25) is 0 Å². The summed E-state index contributed by atoms with van der Waals surface area (Å²) in [5, 5.41) is 0.795. The molecular weight excluding hydrogens is 222 g/mol. The van der Waals surface area contributed by atoms with Crippen molar-refractivity contribution in [2.45, 2.75) is 6.92 Å². The van der Waals surface area contributed by atoms with Crippen LogP contribution in [0.25, 0.3) is 10.9 Å². The largest absolute Gasteiger partial charge is 0.427 e. The number of carbonyl (C=O) groups excluding carboxylic acids is 2. The number of aryl methyl sites for hydroxylation is 1. The number of aromatic nitrogens is 1. The maximum Gasteiger partial charge on any atom is 0.427 e. The van der Waals surface area contributed by atoms with Crippen molar-refractivity contribution >= 4 is 28.8 Å². The molecule has 0 unspecified atom stereocenters. The third kappa shape index (κ3) is 1.92. The summed E-state index contributed by atoms with van der Waals surface area (Å²) in [7, 11) is 0. The highest BCUT2D eigenvalue weighted by molar-refractivity contribution is 5.95. The average molecular weight is 233 g/mol. The summed E-state index contributed by atoms with van der Waals surface area (Å²) in [6.07, 6.45) is -1.96. The number of benzene rings is 1. The van der Waals surface area contributed by atoms with Crippen molar-refractivity contribution in [3.63, 3.8) is 0 Å². The predicted molar refractivity (Wildman–Crippen MR) is 62.5 cm³/mol. The molecule has 0 fully saturated rings. The lowest BCUT2D eigenvalue weighted by atomic mass is 10.2. The summed E-state index contributed by atoms with van der Waals surface area (Å²) < 4.78 is 5.61. The van der Waals surface area contributed by atoms with E-state index in [1.54, 1.807) is 31.2 Å². The Balaban J connectivity index is 2.57. The number of amides is 1. The third-order valence-corrected chi connectivity index (χ3v) is 2.38. The molecule has 1 amide bonds. The molecule has 1 aromatic carbocycles. The smallest absolute Gasteiger partial charge is 0.399 e. The molecule has 1 aromatic heterocycles. The zero-order valence-electron chi connectivity index (χ0n) is 9.14. The van der Waals surface area contributed by atoms with Gasteiger partial charge < -0.3 is 16.2 Å². The van der Waals surface area contributed by atoms with Gasteiger partial charge in [0.15, 0.2) is 0 Å². The molecule has 0 spiro atoms. The Kier molecular flexibility index (Phi) is 2.47. The summed E-state index contributed by atoms with van der Waals surface area (Å²) in [6.45, 7) is 1.72. The maximum atomic E-state index is 11.6. The van der Waals surface area contributed by atoms with Crippen molar-refractivity contribution in [1.82, 2.24) is 4.57 Å². The number of nitrogens with two attached hydrogens (primary N) is 2. The molecule has 2 aromatic rings. The highest BCUT2D eigenvalue weighted by Crippen LogP contribution is 2.22. The molecule has 6 nitrogen and oxygen atoms in total. The Labute approximate surface area is 96.7 Å². The van der Waals surface area contributed by atoms with E-state index >= 15 is 0 Å². The van der Waals surface area contributed by atoms with Crippen LogP contribution in [0.1, 0.15) is 5.69 Å². The molecule has 4 N–H and O–H groups in total. The highest BCUT2D eigenvalue weighted by Gasteiger charge is 2.15. The quantitative estimate of drug-likeness (QED) is 0.533. The SMILES string of the molecule is Cc1cc2cc(N)ccc2n1C(=O)OC(N)=O. The summed E-state index contributed by atoms with van der Waals surface area (Å²) in [5.74, 6) is 0. The van der Waals surface area contributed by atoms with Gasteiger partial charge in [-0.05, 0) is 31.2 Å². The fourth-order valence-electron chi connectivity index (χ4n) is 1.75. The van der Waals surface area contributed by atoms with E-state index in [1.807, 2.05) is 0 Å². The molecule has 6 heteroatoms. The second-order valence-electron chi connectivity index (χ2n) is 3.63. The van der Waals surface area contributed by atoms with Crippen LogP contribution in [0, 0.1) is 6.92 Å². The van der Waals surface area contributed by atoms with Crippen LogP contribution < -0.4 is 11.5 Å². The van der Waals surface area contributed by atoms with Gasteiger partial charge in [0, 0.05) is 16.8 Å². The number of fused-ring (bicyclic) bond motifs is 1. The molecule has 88 valence electrons. The van der Waals surface area contributed by atoms with Gasteiger partial charge in [0.05, 0.1) is 5.52 Å². The number of hydrogen-bond donors (Lipinski definition) is 2. The van der Waals surface area contributed by atoms with Crippen LogP contribution in [0.4, 0.5) is 15.3 Å². The number of hydrogen-bond acceptors (Lipinski definition) is 4. The fourth-order valence-corrected chi connectivity index (χ4v) is 1.75. The summed E-state index contributed by atoms with van der Waals surface area (Å²) in [5.41, 5.74) is 12.3. The van der Waals surface area contributed by atoms with E-state index < -0.39 is 12.2 Å². The lowest BCUT2D eigenvalue weighted by molar-refractivity contribution is 0.158. The van der Waals surface area contributed by atoms with E-state index in [0.717, 1.165) is 5.39 Å². The molecule has 0 radical (unpaired) electrons. The van der Waals surface area contributed by atoms with E-state index in [-0.39, 0.29) is 0 Å². The van der Waals surface area contributed by atoms with Gasteiger partial charge in [-0.25, -0.2) is 14.2 Å². The molecule has 0 atom stereocenters. The topological polar surface area (TPSA) is 100 Å². The fraction of sp³-hybridized carbons (Fsp3) is 0.0909. The maximum absolute atomic E-state index is 11.6. The van der Waals surface area contributed by atoms with Crippen molar-refractivity contribution in [3.05, 3.63) is 30.0 Å². The van der Waals surface area contributed by atoms with Gasteiger partial charge in [0.1, 0.15) is 0 Å². The van der Waals surface area contributed by atoms with Crippen molar-refractivity contribution in [2.75, 3.05) is 5.73 Å². The van der Waals surface area contributed by atoms with Crippen molar-refractivity contribution in [2.24, 2.45) is 5.73 Å². The number of carbonyl (C=O) groups is 2. The number of nitrogens with zero attached hydrogens (tertiary/aromatic N) is 1. The van der Waals surface area contributed by atoms with Gasteiger partial charge in [0.25, 0.3) is 0 Å². The monoisotopic (exact) mass is 233 g/mol. The van der Waals surface area contributed by atoms with Gasteiger partial charge in [-0.1, -0.05) is 0 Å². The van der Waals surface area contributed by atoms with Gasteiger partial charge >= 0.3 is 12.2 Å². The molecular formula is C11H11N3O3. The van der Waals surface area contributed by atoms with Crippen molar-refractivity contribution < 1.29 is 14.3 Å². The van der Waals surface area contributed by atoms with Crippen molar-refractivity contribution in [1.29, 1.82) is 0 Å². The molecule has 0 aliphatic carbocycles. The van der Waals surface area contributed by atoms with E-state index in [0.29, 0.717) is 16.9 Å². The first-order chi connectivity index (χ1) is 7.99. The Morgan fingerprint density at radius 1 is 1.29 bits per heavy atom. The minimum absolute atomic E-state index is 0.595. The van der Waals surface area contributed by atoms with Gasteiger partial charge in [0.2, 0.25) is 0 Å². The van der Waals surface area contributed by atoms with E-state index in [2.05, 4.69) is 4.74 Å². The summed E-state index contributed by atoms with van der Waals surface area (Å²) >= 11 is 0. The zero-order chi connectivity index (χ0) is 12.6. The first kappa shape index (κ1) is 11.0. The van der Waals surface area contributed by atoms with Crippen LogP contribution >= 0.6 is 0 Å². The lowest BCUT2D eigenvalue weighted by Gasteiger charge is -2.04. The summed E-state index contributed by atoms with van der Waals surface area (Å²) in [6, 6.07) is 6.85. The first-order valence-electron chi connectivity index (χ1n) is 4.88. The Bertz CT molecular complexity index is 616. The van der Waals surface area contributed by atoms with Crippen LogP contribution in [0.5, 0.6) is 0 Å². The Morgan fingerprint density at radius 2 is 2.00 bits per heavy atom. The van der Waals surface area contributed by atoms with E-state index in [4.69, 9.17) is 11.5 Å². The molecule has 0 aliphatic heterocycles. The molecule has 2 rings (SSSR count). The number of primary amides is 1. The van der Waals surface area contributed by atoms with Crippen LogP contribution in [0.15, 0.2) is 24.3 Å². The normalized spacial score (nSPS) is 10.4. The second-order valence-corrected chi connectivity index (χ2v) is 3.63. The molecule has 0 saturated heterocycles. The van der Waals surface area contributed by atoms with Crippen molar-refractivity contribution in [3.8, 4) is 0 Å². The van der Waals surface area contributed by atoms with Gasteiger partial charge in [-0.15, -0.1) is 0 Å². The van der Waals surface area contributed by atoms with Gasteiger partial charge in [-0.2, -0.15) is 0 Å². The first-order valence-corrected chi connectivity index (χ1v) is 4.88. The van der Waals surface area contributed by atoms with Crippen LogP contribution in [-0.2, 0) is 4.74 Å². The third-order valence-electron chi connectivity index (χ3n) is 2.38. The van der Waals surface area contributed by atoms with Crippen LogP contribution in [0.3, 0.4) is 0 Å². The zero-order valence-corrected chi connectivity index (χ0v) is 9.14. The molecule has 0 saturated carbocycles. The average Bonchev–Trinajstić information content (AvgIpc) is 2.51. The number of anilines is 1. The second kappa shape index (κ2) is 3.82. The highest BCUT2D eigenvalue weighted by atomic mass is 16.6. The Hall–Kier alpha value is -2.50.